The SMILES string of the molecule is Cc1cc(C)c(N2CCC(N3CCC(O)C(C)C3)C2=O)c(C)c1. The van der Waals surface area contributed by atoms with Crippen molar-refractivity contribution in [3.05, 3.63) is 28.8 Å². The molecule has 2 heterocycles. The van der Waals surface area contributed by atoms with Crippen molar-refractivity contribution in [3.8, 4) is 0 Å². The van der Waals surface area contributed by atoms with E-state index in [1.54, 1.807) is 0 Å². The Morgan fingerprint density at radius 1 is 1.09 bits per heavy atom. The summed E-state index contributed by atoms with van der Waals surface area (Å²) in [5, 5.41) is 9.91. The Balaban J connectivity index is 1.80. The molecule has 1 aromatic rings. The van der Waals surface area contributed by atoms with E-state index in [1.165, 1.54) is 16.7 Å². The molecule has 0 radical (unpaired) electrons. The van der Waals surface area contributed by atoms with E-state index < -0.39 is 0 Å². The minimum atomic E-state index is -0.222. The van der Waals surface area contributed by atoms with Crippen molar-refractivity contribution in [3.63, 3.8) is 0 Å². The molecule has 2 saturated heterocycles. The van der Waals surface area contributed by atoms with E-state index in [0.29, 0.717) is 0 Å². The number of benzene rings is 1. The summed E-state index contributed by atoms with van der Waals surface area (Å²) < 4.78 is 0. The molecule has 3 atom stereocenters. The average Bonchev–Trinajstić information content (AvgIpc) is 2.83. The number of aryl methyl sites for hydroxylation is 3. The number of likely N-dealkylation sites (tertiary alicyclic amines) is 1. The molecule has 0 spiro atoms. The zero-order valence-corrected chi connectivity index (χ0v) is 14.7. The molecule has 0 bridgehead atoms. The van der Waals surface area contributed by atoms with Crippen LogP contribution in [0.1, 0.15) is 36.5 Å². The summed E-state index contributed by atoms with van der Waals surface area (Å²) in [5.41, 5.74) is 4.69. The minimum Gasteiger partial charge on any atom is -0.393 e. The van der Waals surface area contributed by atoms with Gasteiger partial charge in [0.05, 0.1) is 12.1 Å². The number of nitrogens with zero attached hydrogens (tertiary/aromatic N) is 2. The largest absolute Gasteiger partial charge is 0.393 e. The van der Waals surface area contributed by atoms with Crippen LogP contribution in [-0.4, -0.2) is 47.7 Å². The Morgan fingerprint density at radius 3 is 2.35 bits per heavy atom. The third kappa shape index (κ3) is 3.02. The Morgan fingerprint density at radius 2 is 1.74 bits per heavy atom. The Hall–Kier alpha value is -1.39. The molecule has 2 fully saturated rings. The van der Waals surface area contributed by atoms with Crippen LogP contribution in [0.25, 0.3) is 0 Å². The first-order valence-corrected chi connectivity index (χ1v) is 8.70. The molecular formula is C19H28N2O2. The first kappa shape index (κ1) is 16.5. The van der Waals surface area contributed by atoms with Gasteiger partial charge < -0.3 is 10.0 Å². The Kier molecular flexibility index (Phi) is 4.47. The zero-order valence-electron chi connectivity index (χ0n) is 14.7. The first-order valence-electron chi connectivity index (χ1n) is 8.70. The van der Waals surface area contributed by atoms with E-state index in [1.807, 2.05) is 4.90 Å². The molecule has 0 saturated carbocycles. The first-order chi connectivity index (χ1) is 10.9. The lowest BCUT2D eigenvalue weighted by molar-refractivity contribution is -0.123. The van der Waals surface area contributed by atoms with Crippen molar-refractivity contribution in [1.82, 2.24) is 4.90 Å². The molecule has 2 aliphatic heterocycles. The number of hydrogen-bond acceptors (Lipinski definition) is 3. The molecule has 1 N–H and O–H groups in total. The fourth-order valence-corrected chi connectivity index (χ4v) is 4.27. The molecule has 23 heavy (non-hydrogen) atoms. The smallest absolute Gasteiger partial charge is 0.244 e. The molecule has 126 valence electrons. The fraction of sp³-hybridized carbons (Fsp3) is 0.632. The van der Waals surface area contributed by atoms with E-state index in [-0.39, 0.29) is 24.0 Å². The lowest BCUT2D eigenvalue weighted by atomic mass is 9.95. The van der Waals surface area contributed by atoms with Gasteiger partial charge in [0.1, 0.15) is 0 Å². The second-order valence-corrected chi connectivity index (χ2v) is 7.37. The molecule has 3 unspecified atom stereocenters. The van der Waals surface area contributed by atoms with E-state index in [2.05, 4.69) is 44.7 Å². The van der Waals surface area contributed by atoms with E-state index in [4.69, 9.17) is 0 Å². The number of aliphatic hydroxyl groups is 1. The number of rotatable bonds is 2. The van der Waals surface area contributed by atoms with Gasteiger partial charge in [0.25, 0.3) is 0 Å². The summed E-state index contributed by atoms with van der Waals surface area (Å²) >= 11 is 0. The maximum atomic E-state index is 13.0. The highest BCUT2D eigenvalue weighted by Gasteiger charge is 2.40. The lowest BCUT2D eigenvalue weighted by Gasteiger charge is -2.37. The monoisotopic (exact) mass is 316 g/mol. The molecule has 1 amide bonds. The number of carbonyl (C=O) groups excluding carboxylic acids is 1. The van der Waals surface area contributed by atoms with Gasteiger partial charge in [-0.15, -0.1) is 0 Å². The molecule has 3 rings (SSSR count). The molecule has 4 heteroatoms. The van der Waals surface area contributed by atoms with Crippen molar-refractivity contribution in [2.24, 2.45) is 5.92 Å². The molecule has 4 nitrogen and oxygen atoms in total. The summed E-state index contributed by atoms with van der Waals surface area (Å²) in [4.78, 5) is 17.3. The molecule has 0 aliphatic carbocycles. The maximum absolute atomic E-state index is 13.0. The quantitative estimate of drug-likeness (QED) is 0.911. The summed E-state index contributed by atoms with van der Waals surface area (Å²) in [6, 6.07) is 4.29. The van der Waals surface area contributed by atoms with Crippen LogP contribution in [0.2, 0.25) is 0 Å². The molecular weight excluding hydrogens is 288 g/mol. The van der Waals surface area contributed by atoms with Gasteiger partial charge in [-0.25, -0.2) is 0 Å². The van der Waals surface area contributed by atoms with Crippen molar-refractivity contribution >= 4 is 11.6 Å². The second-order valence-electron chi connectivity index (χ2n) is 7.37. The fourth-order valence-electron chi connectivity index (χ4n) is 4.27. The van der Waals surface area contributed by atoms with Gasteiger partial charge in [0.2, 0.25) is 5.91 Å². The predicted molar refractivity (Wildman–Crippen MR) is 92.8 cm³/mol. The zero-order chi connectivity index (χ0) is 16.7. The number of aliphatic hydroxyl groups excluding tert-OH is 1. The Bertz CT molecular complexity index is 590. The van der Waals surface area contributed by atoms with Gasteiger partial charge in [0.15, 0.2) is 0 Å². The van der Waals surface area contributed by atoms with Crippen LogP contribution in [-0.2, 0) is 4.79 Å². The van der Waals surface area contributed by atoms with Crippen LogP contribution in [0.4, 0.5) is 5.69 Å². The maximum Gasteiger partial charge on any atom is 0.244 e. The van der Waals surface area contributed by atoms with Gasteiger partial charge in [-0.05, 0) is 50.7 Å². The number of piperidine rings is 1. The van der Waals surface area contributed by atoms with Crippen LogP contribution in [0, 0.1) is 26.7 Å². The highest BCUT2D eigenvalue weighted by Crippen LogP contribution is 2.32. The summed E-state index contributed by atoms with van der Waals surface area (Å²) in [6.07, 6.45) is 1.43. The third-order valence-corrected chi connectivity index (χ3v) is 5.41. The van der Waals surface area contributed by atoms with Gasteiger partial charge >= 0.3 is 0 Å². The molecule has 2 aliphatic rings. The standard InChI is InChI=1S/C19H28N2O2/c1-12-9-13(2)18(14(3)10-12)21-8-5-16(19(21)23)20-7-6-17(22)15(4)11-20/h9-10,15-17,22H,5-8,11H2,1-4H3. The van der Waals surface area contributed by atoms with Crippen molar-refractivity contribution in [1.29, 1.82) is 0 Å². The van der Waals surface area contributed by atoms with Crippen LogP contribution in [0.3, 0.4) is 0 Å². The van der Waals surface area contributed by atoms with Crippen LogP contribution >= 0.6 is 0 Å². The number of amides is 1. The Labute approximate surface area is 139 Å². The summed E-state index contributed by atoms with van der Waals surface area (Å²) in [5.74, 6) is 0.470. The normalized spacial score (nSPS) is 29.3. The number of hydrogen-bond donors (Lipinski definition) is 1. The average molecular weight is 316 g/mol. The van der Waals surface area contributed by atoms with Crippen LogP contribution < -0.4 is 4.90 Å². The van der Waals surface area contributed by atoms with Gasteiger partial charge in [-0.2, -0.15) is 0 Å². The van der Waals surface area contributed by atoms with Gasteiger partial charge in [0, 0.05) is 25.3 Å². The number of anilines is 1. The summed E-state index contributed by atoms with van der Waals surface area (Å²) in [6.45, 7) is 10.8. The van der Waals surface area contributed by atoms with Crippen molar-refractivity contribution in [2.75, 3.05) is 24.5 Å². The highest BCUT2D eigenvalue weighted by molar-refractivity contribution is 6.00. The van der Waals surface area contributed by atoms with E-state index in [0.717, 1.165) is 38.2 Å². The predicted octanol–water partition coefficient (Wildman–Crippen LogP) is 2.42. The van der Waals surface area contributed by atoms with Crippen molar-refractivity contribution in [2.45, 2.75) is 52.7 Å². The van der Waals surface area contributed by atoms with Crippen LogP contribution in [0.15, 0.2) is 12.1 Å². The number of carbonyl (C=O) groups is 1. The topological polar surface area (TPSA) is 43.8 Å². The summed E-state index contributed by atoms with van der Waals surface area (Å²) in [7, 11) is 0. The van der Waals surface area contributed by atoms with E-state index in [9.17, 15) is 9.90 Å². The lowest BCUT2D eigenvalue weighted by Crippen LogP contribution is -2.50. The minimum absolute atomic E-state index is 0.0231. The van der Waals surface area contributed by atoms with Gasteiger partial charge in [-0.1, -0.05) is 24.6 Å². The van der Waals surface area contributed by atoms with Crippen molar-refractivity contribution < 1.29 is 9.90 Å². The van der Waals surface area contributed by atoms with Crippen LogP contribution in [0.5, 0.6) is 0 Å². The van der Waals surface area contributed by atoms with E-state index >= 15 is 0 Å². The van der Waals surface area contributed by atoms with Gasteiger partial charge in [-0.3, -0.25) is 9.69 Å². The second kappa shape index (κ2) is 6.25. The third-order valence-electron chi connectivity index (χ3n) is 5.41. The molecule has 0 aromatic heterocycles. The molecule has 1 aromatic carbocycles. The highest BCUT2D eigenvalue weighted by atomic mass is 16.3.